The van der Waals surface area contributed by atoms with Gasteiger partial charge in [0.2, 0.25) is 11.7 Å². The van der Waals surface area contributed by atoms with E-state index in [1.165, 1.54) is 12.5 Å². The number of hydrogen-bond acceptors (Lipinski definition) is 4. The van der Waals surface area contributed by atoms with Gasteiger partial charge >= 0.3 is 5.97 Å². The number of ether oxygens (including phenoxy) is 1. The second kappa shape index (κ2) is 5.68. The molecule has 0 saturated carbocycles. The molecule has 2 heterocycles. The first kappa shape index (κ1) is 14.0. The van der Waals surface area contributed by atoms with Crippen LogP contribution in [0.15, 0.2) is 18.4 Å². The highest BCUT2D eigenvalue weighted by molar-refractivity contribution is 5.96. The van der Waals surface area contributed by atoms with Crippen molar-refractivity contribution in [2.45, 2.75) is 13.8 Å². The van der Waals surface area contributed by atoms with Gasteiger partial charge in [-0.2, -0.15) is 4.39 Å². The molecule has 2 aromatic rings. The van der Waals surface area contributed by atoms with Crippen molar-refractivity contribution in [3.63, 3.8) is 0 Å². The summed E-state index contributed by atoms with van der Waals surface area (Å²) in [4.78, 5) is 21.4. The molecule has 0 aliphatic carbocycles. The number of nitrogens with zero attached hydrogens (tertiary/aromatic N) is 2. The molecule has 7 heteroatoms. The van der Waals surface area contributed by atoms with Gasteiger partial charge in [-0.3, -0.25) is 0 Å². The van der Waals surface area contributed by atoms with E-state index in [4.69, 9.17) is 9.84 Å². The number of carbonyl (C=O) groups is 1. The third kappa shape index (κ3) is 2.93. The van der Waals surface area contributed by atoms with Gasteiger partial charge in [-0.05, 0) is 12.0 Å². The number of carboxylic acids is 1. The highest BCUT2D eigenvalue weighted by atomic mass is 19.1. The van der Waals surface area contributed by atoms with E-state index in [-0.39, 0.29) is 0 Å². The quantitative estimate of drug-likeness (QED) is 0.820. The molecular weight excluding hydrogens is 265 g/mol. The molecule has 0 saturated heterocycles. The number of aromatic amines is 1. The summed E-state index contributed by atoms with van der Waals surface area (Å²) in [5.74, 6) is -2.28. The zero-order valence-electron chi connectivity index (χ0n) is 11.1. The van der Waals surface area contributed by atoms with Crippen LogP contribution in [0.3, 0.4) is 0 Å². The van der Waals surface area contributed by atoms with Crippen LogP contribution < -0.4 is 4.74 Å². The van der Waals surface area contributed by atoms with Crippen molar-refractivity contribution in [2.75, 3.05) is 6.61 Å². The van der Waals surface area contributed by atoms with Crippen molar-refractivity contribution in [1.29, 1.82) is 0 Å². The van der Waals surface area contributed by atoms with E-state index >= 15 is 0 Å². The van der Waals surface area contributed by atoms with E-state index in [1.54, 1.807) is 0 Å². The fourth-order valence-corrected chi connectivity index (χ4v) is 1.62. The summed E-state index contributed by atoms with van der Waals surface area (Å²) in [6, 6.07) is 0. The van der Waals surface area contributed by atoms with Gasteiger partial charge in [0, 0.05) is 11.8 Å². The Labute approximate surface area is 114 Å². The van der Waals surface area contributed by atoms with Crippen LogP contribution in [0.4, 0.5) is 4.39 Å². The van der Waals surface area contributed by atoms with Crippen LogP contribution >= 0.6 is 0 Å². The number of fused-ring (bicyclic) bond motifs is 1. The van der Waals surface area contributed by atoms with Gasteiger partial charge < -0.3 is 14.8 Å². The minimum atomic E-state index is -1.62. The van der Waals surface area contributed by atoms with Gasteiger partial charge in [-0.15, -0.1) is 0 Å². The standard InChI is InChI=1S/C13H14FN3O3/c1-7(2)5-20-12-10-8(3-9(14)13(18)19)4-15-11(10)16-6-17-12/h3-4,6-7H,5H2,1-2H3,(H,18,19)(H,15,16,17)/b9-3+. The maximum absolute atomic E-state index is 13.2. The minimum absolute atomic E-state index is 0.300. The summed E-state index contributed by atoms with van der Waals surface area (Å²) in [5, 5.41) is 9.04. The van der Waals surface area contributed by atoms with Crippen molar-refractivity contribution < 1.29 is 19.0 Å². The lowest BCUT2D eigenvalue weighted by Crippen LogP contribution is -2.06. The molecule has 20 heavy (non-hydrogen) atoms. The first-order valence-corrected chi connectivity index (χ1v) is 6.04. The predicted molar refractivity (Wildman–Crippen MR) is 70.9 cm³/mol. The van der Waals surface area contributed by atoms with Gasteiger partial charge in [0.15, 0.2) is 0 Å². The lowest BCUT2D eigenvalue weighted by Gasteiger charge is -2.08. The molecule has 0 amide bonds. The van der Waals surface area contributed by atoms with Crippen molar-refractivity contribution >= 4 is 23.1 Å². The zero-order valence-corrected chi connectivity index (χ0v) is 11.1. The van der Waals surface area contributed by atoms with Crippen molar-refractivity contribution in [3.8, 4) is 5.88 Å². The molecule has 0 aromatic carbocycles. The molecule has 2 rings (SSSR count). The summed E-state index contributed by atoms with van der Waals surface area (Å²) in [5.41, 5.74) is 0.794. The molecule has 0 atom stereocenters. The summed E-state index contributed by atoms with van der Waals surface area (Å²) in [6.45, 7) is 4.42. The van der Waals surface area contributed by atoms with Gasteiger partial charge in [-0.1, -0.05) is 13.8 Å². The van der Waals surface area contributed by atoms with Gasteiger partial charge in [-0.25, -0.2) is 14.8 Å². The number of carboxylic acid groups (broad SMARTS) is 1. The number of rotatable bonds is 5. The largest absolute Gasteiger partial charge is 0.477 e. The Kier molecular flexibility index (Phi) is 3.97. The Morgan fingerprint density at radius 1 is 1.55 bits per heavy atom. The molecule has 2 aromatic heterocycles. The molecule has 0 unspecified atom stereocenters. The molecule has 0 bridgehead atoms. The SMILES string of the molecule is CC(C)COc1ncnc2[nH]cc(/C=C(/F)C(=O)O)c12. The third-order valence-corrected chi connectivity index (χ3v) is 2.51. The number of H-pyrrole nitrogens is 1. The first-order chi connectivity index (χ1) is 9.49. The Hall–Kier alpha value is -2.44. The third-order valence-electron chi connectivity index (χ3n) is 2.51. The van der Waals surface area contributed by atoms with Crippen LogP contribution in [0, 0.1) is 5.92 Å². The molecular formula is C13H14FN3O3. The Morgan fingerprint density at radius 3 is 2.95 bits per heavy atom. The predicted octanol–water partition coefficient (Wildman–Crippen LogP) is 2.39. The molecule has 0 spiro atoms. The van der Waals surface area contributed by atoms with Crippen LogP contribution in [0.2, 0.25) is 0 Å². The molecule has 0 radical (unpaired) electrons. The van der Waals surface area contributed by atoms with E-state index in [0.29, 0.717) is 35.0 Å². The average molecular weight is 279 g/mol. The topological polar surface area (TPSA) is 88.1 Å². The van der Waals surface area contributed by atoms with E-state index < -0.39 is 11.8 Å². The molecule has 0 fully saturated rings. The first-order valence-electron chi connectivity index (χ1n) is 6.04. The summed E-state index contributed by atoms with van der Waals surface area (Å²) in [6.07, 6.45) is 3.70. The fourth-order valence-electron chi connectivity index (χ4n) is 1.62. The molecule has 0 aliphatic heterocycles. The summed E-state index contributed by atoms with van der Waals surface area (Å²) >= 11 is 0. The Bertz CT molecular complexity index is 664. The molecule has 0 aliphatic rings. The normalized spacial score (nSPS) is 12.1. The smallest absolute Gasteiger partial charge is 0.364 e. The number of aliphatic carboxylic acids is 1. The van der Waals surface area contributed by atoms with E-state index in [9.17, 15) is 9.18 Å². The van der Waals surface area contributed by atoms with Gasteiger partial charge in [0.1, 0.15) is 12.0 Å². The van der Waals surface area contributed by atoms with Crippen LogP contribution in [0.5, 0.6) is 5.88 Å². The van der Waals surface area contributed by atoms with E-state index in [1.807, 2.05) is 13.8 Å². The Morgan fingerprint density at radius 2 is 2.30 bits per heavy atom. The van der Waals surface area contributed by atoms with E-state index in [2.05, 4.69) is 15.0 Å². The second-order valence-corrected chi connectivity index (χ2v) is 4.65. The lowest BCUT2D eigenvalue weighted by atomic mass is 10.2. The number of aromatic nitrogens is 3. The van der Waals surface area contributed by atoms with Gasteiger partial charge in [0.25, 0.3) is 0 Å². The maximum Gasteiger partial charge on any atom is 0.364 e. The van der Waals surface area contributed by atoms with Gasteiger partial charge in [0.05, 0.1) is 12.0 Å². The van der Waals surface area contributed by atoms with Crippen LogP contribution in [-0.2, 0) is 4.79 Å². The number of halogens is 1. The zero-order chi connectivity index (χ0) is 14.7. The highest BCUT2D eigenvalue weighted by Gasteiger charge is 2.14. The average Bonchev–Trinajstić information content (AvgIpc) is 2.80. The summed E-state index contributed by atoms with van der Waals surface area (Å²) in [7, 11) is 0. The molecule has 2 N–H and O–H groups in total. The highest BCUT2D eigenvalue weighted by Crippen LogP contribution is 2.27. The second-order valence-electron chi connectivity index (χ2n) is 4.65. The lowest BCUT2D eigenvalue weighted by molar-refractivity contribution is -0.134. The number of nitrogens with one attached hydrogen (secondary N) is 1. The van der Waals surface area contributed by atoms with Crippen LogP contribution in [0.25, 0.3) is 17.1 Å². The minimum Gasteiger partial charge on any atom is -0.477 e. The Balaban J connectivity index is 2.46. The monoisotopic (exact) mass is 279 g/mol. The number of hydrogen-bond donors (Lipinski definition) is 2. The van der Waals surface area contributed by atoms with E-state index in [0.717, 1.165) is 6.08 Å². The van der Waals surface area contributed by atoms with Crippen molar-refractivity contribution in [3.05, 3.63) is 23.9 Å². The molecule has 106 valence electrons. The van der Waals surface area contributed by atoms with Crippen molar-refractivity contribution in [1.82, 2.24) is 15.0 Å². The van der Waals surface area contributed by atoms with Crippen molar-refractivity contribution in [2.24, 2.45) is 5.92 Å². The van der Waals surface area contributed by atoms with Crippen LogP contribution in [-0.4, -0.2) is 32.6 Å². The fraction of sp³-hybridized carbons (Fsp3) is 0.308. The van der Waals surface area contributed by atoms with Crippen LogP contribution in [0.1, 0.15) is 19.4 Å². The summed E-state index contributed by atoms with van der Waals surface area (Å²) < 4.78 is 18.8. The molecule has 6 nitrogen and oxygen atoms in total. The maximum atomic E-state index is 13.2.